The summed E-state index contributed by atoms with van der Waals surface area (Å²) in [5.41, 5.74) is 8.40. The summed E-state index contributed by atoms with van der Waals surface area (Å²) in [5.74, 6) is 6.21. The highest BCUT2D eigenvalue weighted by atomic mass is 35.5. The molecule has 1 fully saturated rings. The Labute approximate surface area is 249 Å². The van der Waals surface area contributed by atoms with Crippen LogP contribution in [0.5, 0.6) is 5.75 Å². The summed E-state index contributed by atoms with van der Waals surface area (Å²) >= 11 is 10.5. The second-order valence-electron chi connectivity index (χ2n) is 10.6. The van der Waals surface area contributed by atoms with Crippen LogP contribution in [0.1, 0.15) is 54.4 Å². The number of hydrogen-bond acceptors (Lipinski definition) is 7. The lowest BCUT2D eigenvalue weighted by Crippen LogP contribution is -2.44. The fraction of sp³-hybridized carbons (Fsp3) is 0.516. The molecule has 1 aliphatic carbocycles. The maximum Gasteiger partial charge on any atom is 0.248 e. The summed E-state index contributed by atoms with van der Waals surface area (Å²) in [6.07, 6.45) is 12.2. The first kappa shape index (κ1) is 32.3. The van der Waals surface area contributed by atoms with E-state index in [4.69, 9.17) is 32.0 Å². The van der Waals surface area contributed by atoms with Crippen molar-refractivity contribution in [1.29, 1.82) is 0 Å². The number of primary amides is 1. The summed E-state index contributed by atoms with van der Waals surface area (Å²) in [5, 5.41) is 7.29. The van der Waals surface area contributed by atoms with Crippen LogP contribution in [-0.4, -0.2) is 49.8 Å². The van der Waals surface area contributed by atoms with Crippen molar-refractivity contribution in [1.82, 2.24) is 0 Å². The molecule has 0 aromatic heterocycles. The van der Waals surface area contributed by atoms with Gasteiger partial charge in [0.15, 0.2) is 0 Å². The van der Waals surface area contributed by atoms with Crippen molar-refractivity contribution in [3.8, 4) is 5.75 Å². The van der Waals surface area contributed by atoms with Gasteiger partial charge in [-0.1, -0.05) is 35.9 Å². The third-order valence-electron chi connectivity index (χ3n) is 7.98. The van der Waals surface area contributed by atoms with Gasteiger partial charge in [0.05, 0.1) is 18.4 Å². The lowest BCUT2D eigenvalue weighted by atomic mass is 9.70. The molecule has 0 radical (unpaired) electrons. The number of nitrogens with zero attached hydrogens (tertiary/aromatic N) is 1. The van der Waals surface area contributed by atoms with E-state index in [1.165, 1.54) is 18.4 Å². The van der Waals surface area contributed by atoms with Crippen LogP contribution < -0.4 is 21.3 Å². The van der Waals surface area contributed by atoms with Crippen molar-refractivity contribution in [2.24, 2.45) is 29.4 Å². The highest BCUT2D eigenvalue weighted by molar-refractivity contribution is 7.80. The first-order valence-corrected chi connectivity index (χ1v) is 15.1. The van der Waals surface area contributed by atoms with Gasteiger partial charge in [-0.3, -0.25) is 4.79 Å². The largest absolute Gasteiger partial charge is 0.491 e. The van der Waals surface area contributed by atoms with E-state index in [-0.39, 0.29) is 6.10 Å². The zero-order chi connectivity index (χ0) is 28.9. The van der Waals surface area contributed by atoms with Gasteiger partial charge in [-0.05, 0) is 98.4 Å². The molecule has 1 heterocycles. The fourth-order valence-electron chi connectivity index (χ4n) is 5.72. The van der Waals surface area contributed by atoms with Gasteiger partial charge in [-0.15, -0.1) is 0 Å². The first-order chi connectivity index (χ1) is 19.5. The molecule has 4 atom stereocenters. The van der Waals surface area contributed by atoms with Crippen molar-refractivity contribution in [3.63, 3.8) is 0 Å². The van der Waals surface area contributed by atoms with E-state index in [0.717, 1.165) is 67.4 Å². The quantitative estimate of drug-likeness (QED) is 0.0999. The van der Waals surface area contributed by atoms with Crippen LogP contribution in [0.3, 0.4) is 0 Å². The molecule has 9 heteroatoms. The zero-order valence-electron chi connectivity index (χ0n) is 23.4. The Balaban J connectivity index is 0.00000216. The predicted molar refractivity (Wildman–Crippen MR) is 166 cm³/mol. The highest BCUT2D eigenvalue weighted by Gasteiger charge is 2.38. The van der Waals surface area contributed by atoms with E-state index in [1.807, 2.05) is 31.4 Å². The Bertz CT molecular complexity index is 1100. The van der Waals surface area contributed by atoms with Crippen molar-refractivity contribution >= 4 is 35.8 Å². The van der Waals surface area contributed by atoms with E-state index >= 15 is 0 Å². The van der Waals surface area contributed by atoms with E-state index in [0.29, 0.717) is 29.9 Å². The molecule has 7 nitrogen and oxygen atoms in total. The number of carbonyl (C=O) groups is 1. The SMILES string of the molecule is CO[C@@H](/C=C/CCCS)[C@@H]1CC[C@H]1CN1CC(CCCc2cccc(Cl)c2)COc2ccc(C(N)=O)cc21.NO. The number of methoxy groups -OCH3 is 1. The number of rotatable bonds is 13. The molecule has 2 aliphatic rings. The molecule has 0 saturated heterocycles. The van der Waals surface area contributed by atoms with Gasteiger partial charge in [0.2, 0.25) is 5.91 Å². The normalized spacial score (nSPS) is 20.9. The molecule has 2 aromatic rings. The van der Waals surface area contributed by atoms with E-state index in [9.17, 15) is 4.79 Å². The Hall–Kier alpha value is -2.23. The minimum Gasteiger partial charge on any atom is -0.491 e. The summed E-state index contributed by atoms with van der Waals surface area (Å²) in [4.78, 5) is 14.4. The maximum absolute atomic E-state index is 12.0. The minimum absolute atomic E-state index is 0.127. The lowest BCUT2D eigenvalue weighted by Gasteiger charge is -2.43. The zero-order valence-corrected chi connectivity index (χ0v) is 25.0. The van der Waals surface area contributed by atoms with Crippen molar-refractivity contribution in [3.05, 3.63) is 70.8 Å². The van der Waals surface area contributed by atoms with E-state index in [2.05, 4.69) is 47.7 Å². The number of carbonyl (C=O) groups excluding carboxylic acids is 1. The highest BCUT2D eigenvalue weighted by Crippen LogP contribution is 2.42. The molecule has 1 aliphatic heterocycles. The van der Waals surface area contributed by atoms with E-state index < -0.39 is 5.91 Å². The van der Waals surface area contributed by atoms with Crippen LogP contribution in [-0.2, 0) is 11.2 Å². The molecule has 220 valence electrons. The predicted octanol–water partition coefficient (Wildman–Crippen LogP) is 5.92. The second kappa shape index (κ2) is 16.9. The molecule has 1 amide bonds. The van der Waals surface area contributed by atoms with Crippen LogP contribution >= 0.6 is 24.2 Å². The van der Waals surface area contributed by atoms with Crippen molar-refractivity contribution in [2.75, 3.05) is 37.5 Å². The molecule has 1 saturated carbocycles. The standard InChI is InChI=1S/C31H41ClN2O3S.H3NO/c1-36-29(11-3-2-4-16-38)27-14-12-25(27)20-34-19-23(9-5-7-22-8-6-10-26(32)17-22)21-37-30-15-13-24(31(33)35)18-28(30)34;1-2/h3,6,8,10-11,13,15,17-18,23,25,27,29,38H,2,4-5,7,9,12,14,16,19-21H2,1H3,(H2,33,35);2H,1H2/b11-3+;/t23?,25-,27+,29-;/m0./s1. The van der Waals surface area contributed by atoms with Crippen LogP contribution in [0.25, 0.3) is 0 Å². The number of benzene rings is 2. The third kappa shape index (κ3) is 9.14. The number of nitrogens with two attached hydrogens (primary N) is 2. The number of fused-ring (bicyclic) bond motifs is 1. The molecule has 40 heavy (non-hydrogen) atoms. The Morgan fingerprint density at radius 2 is 2.08 bits per heavy atom. The van der Waals surface area contributed by atoms with Gasteiger partial charge in [0.25, 0.3) is 0 Å². The average Bonchev–Trinajstić information content (AvgIpc) is 3.12. The molecule has 5 N–H and O–H groups in total. The van der Waals surface area contributed by atoms with Gasteiger partial charge in [-0.2, -0.15) is 12.6 Å². The number of allylic oxidation sites excluding steroid dienone is 1. The van der Waals surface area contributed by atoms with Gasteiger partial charge < -0.3 is 25.3 Å². The minimum atomic E-state index is -0.414. The first-order valence-electron chi connectivity index (χ1n) is 14.1. The smallest absolute Gasteiger partial charge is 0.248 e. The fourth-order valence-corrected chi connectivity index (χ4v) is 6.11. The van der Waals surface area contributed by atoms with Crippen LogP contribution in [0, 0.1) is 17.8 Å². The number of hydrogen-bond donors (Lipinski definition) is 4. The molecule has 0 bridgehead atoms. The van der Waals surface area contributed by atoms with Crippen LogP contribution in [0.2, 0.25) is 5.02 Å². The topological polar surface area (TPSA) is 111 Å². The number of halogens is 1. The number of ether oxygens (including phenoxy) is 2. The van der Waals surface area contributed by atoms with Crippen molar-refractivity contribution in [2.45, 2.75) is 51.0 Å². The summed E-state index contributed by atoms with van der Waals surface area (Å²) in [6, 6.07) is 13.7. The monoisotopic (exact) mass is 589 g/mol. The molecule has 2 aromatic carbocycles. The summed E-state index contributed by atoms with van der Waals surface area (Å²) in [7, 11) is 1.81. The Morgan fingerprint density at radius 3 is 2.75 bits per heavy atom. The van der Waals surface area contributed by atoms with Gasteiger partial charge >= 0.3 is 0 Å². The Morgan fingerprint density at radius 1 is 1.25 bits per heavy atom. The number of anilines is 1. The van der Waals surface area contributed by atoms with E-state index in [1.54, 1.807) is 6.07 Å². The van der Waals surface area contributed by atoms with Crippen molar-refractivity contribution < 1.29 is 19.5 Å². The Kier molecular flexibility index (Phi) is 13.6. The van der Waals surface area contributed by atoms with Crippen LogP contribution in [0.15, 0.2) is 54.6 Å². The molecular formula is C31H44ClN3O4S. The average molecular weight is 590 g/mol. The van der Waals surface area contributed by atoms with Gasteiger partial charge in [0, 0.05) is 36.7 Å². The number of aryl methyl sites for hydroxylation is 1. The summed E-state index contributed by atoms with van der Waals surface area (Å²) in [6.45, 7) is 2.47. The number of thiol groups is 1. The van der Waals surface area contributed by atoms with Gasteiger partial charge in [0.1, 0.15) is 5.75 Å². The number of unbranched alkanes of at least 4 members (excludes halogenated alkanes) is 1. The number of amides is 1. The molecule has 1 unspecified atom stereocenters. The lowest BCUT2D eigenvalue weighted by molar-refractivity contribution is 0.0133. The van der Waals surface area contributed by atoms with Crippen LogP contribution in [0.4, 0.5) is 5.69 Å². The maximum atomic E-state index is 12.0. The van der Waals surface area contributed by atoms with Gasteiger partial charge in [-0.25, -0.2) is 5.90 Å². The molecule has 4 rings (SSSR count). The molecule has 0 spiro atoms. The second-order valence-corrected chi connectivity index (χ2v) is 11.5. The summed E-state index contributed by atoms with van der Waals surface area (Å²) < 4.78 is 12.2. The third-order valence-corrected chi connectivity index (χ3v) is 8.54. The molecular weight excluding hydrogens is 546 g/mol.